The summed E-state index contributed by atoms with van der Waals surface area (Å²) in [5.74, 6) is -1.43. The van der Waals surface area contributed by atoms with Crippen molar-refractivity contribution >= 4 is 43.4 Å². The van der Waals surface area contributed by atoms with Gasteiger partial charge in [0.15, 0.2) is 11.6 Å². The minimum Gasteiger partial charge on any atom is -0.462 e. The summed E-state index contributed by atoms with van der Waals surface area (Å²) in [7, 11) is 2.00. The van der Waals surface area contributed by atoms with Gasteiger partial charge in [-0.2, -0.15) is 10.2 Å². The number of pyridine rings is 1. The highest BCUT2D eigenvalue weighted by molar-refractivity contribution is 7.23. The van der Waals surface area contributed by atoms with Crippen molar-refractivity contribution in [2.75, 3.05) is 25.5 Å². The first-order chi connectivity index (χ1) is 19.6. The lowest BCUT2D eigenvalue weighted by Crippen LogP contribution is -2.48. The highest BCUT2D eigenvalue weighted by Gasteiger charge is 2.31. The minimum atomic E-state index is -0.807. The van der Waals surface area contributed by atoms with Gasteiger partial charge < -0.3 is 14.2 Å². The van der Waals surface area contributed by atoms with E-state index in [1.165, 1.54) is 6.20 Å². The van der Waals surface area contributed by atoms with Gasteiger partial charge >= 0.3 is 12.1 Å². The normalized spacial score (nSPS) is 16.9. The summed E-state index contributed by atoms with van der Waals surface area (Å²) >= 11 is 0.848. The summed E-state index contributed by atoms with van der Waals surface area (Å²) in [5.41, 5.74) is 0.458. The monoisotopic (exact) mass is 580 g/mol. The Bertz CT molecular complexity index is 1760. The first-order valence-electron chi connectivity index (χ1n) is 13.0. The second-order valence-corrected chi connectivity index (χ2v) is 12.0. The SMILES string of the molecule is CN1CC[C@@H]1COc1ncc2c3c(c(-c4ncc(F)c5sc(NC(=O)OC(C)(C)C)c(C#N)c45)c(F)c2n1)COC3. The lowest BCUT2D eigenvalue weighted by atomic mass is 9.94. The Morgan fingerprint density at radius 3 is 2.73 bits per heavy atom. The molecule has 0 aliphatic carbocycles. The third-order valence-electron chi connectivity index (χ3n) is 7.15. The molecule has 1 aromatic carbocycles. The molecule has 0 unspecified atom stereocenters. The molecule has 6 rings (SSSR count). The van der Waals surface area contributed by atoms with E-state index in [0.717, 1.165) is 30.5 Å². The molecule has 3 aromatic heterocycles. The molecule has 10 nitrogen and oxygen atoms in total. The number of likely N-dealkylation sites (N-methyl/N-ethyl adjacent to an activating group) is 1. The highest BCUT2D eigenvalue weighted by atomic mass is 32.1. The van der Waals surface area contributed by atoms with Crippen LogP contribution in [0.1, 0.15) is 43.9 Å². The van der Waals surface area contributed by atoms with Gasteiger partial charge in [0.25, 0.3) is 0 Å². The number of amides is 1. The number of fused-ring (bicyclic) bond motifs is 4. The van der Waals surface area contributed by atoms with Crippen LogP contribution in [0.5, 0.6) is 6.01 Å². The van der Waals surface area contributed by atoms with Gasteiger partial charge in [0, 0.05) is 28.6 Å². The maximum absolute atomic E-state index is 16.5. The number of nitriles is 1. The van der Waals surface area contributed by atoms with Crippen molar-refractivity contribution < 1.29 is 27.8 Å². The summed E-state index contributed by atoms with van der Waals surface area (Å²) in [6.07, 6.45) is 2.68. The van der Waals surface area contributed by atoms with Gasteiger partial charge in [-0.3, -0.25) is 15.2 Å². The van der Waals surface area contributed by atoms with Gasteiger partial charge in [-0.1, -0.05) is 0 Å². The summed E-state index contributed by atoms with van der Waals surface area (Å²) < 4.78 is 48.3. The molecule has 1 atom stereocenters. The Kier molecular flexibility index (Phi) is 6.72. The number of rotatable bonds is 5. The van der Waals surface area contributed by atoms with E-state index in [1.54, 1.807) is 20.8 Å². The number of nitrogens with zero attached hydrogens (tertiary/aromatic N) is 5. The fourth-order valence-electron chi connectivity index (χ4n) is 5.02. The first kappa shape index (κ1) is 27.2. The fraction of sp³-hybridized carbons (Fsp3) is 0.393. The summed E-state index contributed by atoms with van der Waals surface area (Å²) in [5, 5.41) is 13.2. The first-order valence-corrected chi connectivity index (χ1v) is 13.8. The number of ether oxygens (including phenoxy) is 3. The number of thiophene rings is 1. The zero-order valence-corrected chi connectivity index (χ0v) is 23.6. The van der Waals surface area contributed by atoms with Gasteiger partial charge in [-0.15, -0.1) is 11.3 Å². The predicted molar refractivity (Wildman–Crippen MR) is 148 cm³/mol. The maximum Gasteiger partial charge on any atom is 0.412 e. The van der Waals surface area contributed by atoms with Crippen LogP contribution >= 0.6 is 11.3 Å². The Balaban J connectivity index is 1.50. The van der Waals surface area contributed by atoms with Gasteiger partial charge in [0.1, 0.15) is 28.8 Å². The molecule has 1 saturated heterocycles. The molecule has 13 heteroatoms. The molecule has 5 heterocycles. The van der Waals surface area contributed by atoms with Crippen LogP contribution in [-0.4, -0.2) is 57.8 Å². The number of carbonyl (C=O) groups is 1. The third kappa shape index (κ3) is 4.81. The Labute approximate surface area is 237 Å². The van der Waals surface area contributed by atoms with E-state index in [9.17, 15) is 10.1 Å². The average Bonchev–Trinajstić information content (AvgIpc) is 3.53. The smallest absolute Gasteiger partial charge is 0.412 e. The second-order valence-electron chi connectivity index (χ2n) is 11.0. The zero-order valence-electron chi connectivity index (χ0n) is 22.8. The fourth-order valence-corrected chi connectivity index (χ4v) is 6.05. The summed E-state index contributed by atoms with van der Waals surface area (Å²) in [6, 6.07) is 2.31. The summed E-state index contributed by atoms with van der Waals surface area (Å²) in [4.78, 5) is 27.6. The van der Waals surface area contributed by atoms with Gasteiger partial charge in [-0.25, -0.2) is 18.6 Å². The molecule has 1 fully saturated rings. The van der Waals surface area contributed by atoms with Crippen molar-refractivity contribution in [3.8, 4) is 23.3 Å². The van der Waals surface area contributed by atoms with Crippen LogP contribution in [0.3, 0.4) is 0 Å². The molecule has 1 amide bonds. The number of carbonyl (C=O) groups excluding carboxylic acids is 1. The molecular formula is C28H26F2N6O4S. The molecule has 4 aromatic rings. The van der Waals surface area contributed by atoms with Crippen LogP contribution in [0, 0.1) is 23.0 Å². The second kappa shape index (κ2) is 10.1. The van der Waals surface area contributed by atoms with Gasteiger partial charge in [0.05, 0.1) is 35.4 Å². The molecule has 0 bridgehead atoms. The van der Waals surface area contributed by atoms with Crippen molar-refractivity contribution in [3.63, 3.8) is 0 Å². The van der Waals surface area contributed by atoms with Crippen molar-refractivity contribution in [2.45, 2.75) is 52.0 Å². The van der Waals surface area contributed by atoms with Crippen LogP contribution in [0.4, 0.5) is 18.6 Å². The Morgan fingerprint density at radius 2 is 2.05 bits per heavy atom. The van der Waals surface area contributed by atoms with Crippen molar-refractivity contribution in [1.29, 1.82) is 5.26 Å². The van der Waals surface area contributed by atoms with Gasteiger partial charge in [-0.05, 0) is 51.9 Å². The minimum absolute atomic E-state index is 0.0105. The van der Waals surface area contributed by atoms with Gasteiger partial charge in [0.2, 0.25) is 0 Å². The molecule has 0 radical (unpaired) electrons. The van der Waals surface area contributed by atoms with Crippen LogP contribution in [-0.2, 0) is 22.7 Å². The molecule has 0 saturated carbocycles. The van der Waals surface area contributed by atoms with Crippen molar-refractivity contribution in [3.05, 3.63) is 40.7 Å². The van der Waals surface area contributed by atoms with Crippen LogP contribution in [0.25, 0.3) is 32.2 Å². The van der Waals surface area contributed by atoms with Crippen LogP contribution in [0.15, 0.2) is 12.4 Å². The van der Waals surface area contributed by atoms with Crippen molar-refractivity contribution in [1.82, 2.24) is 19.9 Å². The maximum atomic E-state index is 16.5. The molecule has 0 spiro atoms. The van der Waals surface area contributed by atoms with Crippen molar-refractivity contribution in [2.24, 2.45) is 0 Å². The lowest BCUT2D eigenvalue weighted by molar-refractivity contribution is 0.0636. The Hall–Kier alpha value is -3.99. The van der Waals surface area contributed by atoms with E-state index in [4.69, 9.17) is 14.2 Å². The van der Waals surface area contributed by atoms with E-state index >= 15 is 8.78 Å². The predicted octanol–water partition coefficient (Wildman–Crippen LogP) is 5.52. The molecule has 2 aliphatic heterocycles. The number of hydrogen-bond donors (Lipinski definition) is 1. The van der Waals surface area contributed by atoms with Crippen LogP contribution < -0.4 is 10.1 Å². The zero-order chi connectivity index (χ0) is 29.1. The lowest BCUT2D eigenvalue weighted by Gasteiger charge is -2.37. The topological polar surface area (TPSA) is 122 Å². The average molecular weight is 581 g/mol. The van der Waals surface area contributed by atoms with E-state index in [0.29, 0.717) is 23.1 Å². The standard InChI is InChI=1S/C28H26F2N6O4S/c1-28(2,3)40-27(37)35-25-14(7-31)20-23(32-9-18(29)24(20)41-25)19-17-12-38-11-16(17)15-8-33-26(34-22(15)21(19)30)39-10-13-5-6-36(13)4/h8-9,13H,5-6,10-12H2,1-4H3,(H,35,37)/t13-/m1/s1. The Morgan fingerprint density at radius 1 is 1.27 bits per heavy atom. The highest BCUT2D eigenvalue weighted by Crippen LogP contribution is 2.45. The van der Waals surface area contributed by atoms with E-state index in [1.807, 2.05) is 13.1 Å². The molecule has 212 valence electrons. The number of nitrogens with one attached hydrogen (secondary N) is 1. The number of likely N-dealkylation sites (tertiary alicyclic amines) is 1. The molecule has 1 N–H and O–H groups in total. The van der Waals surface area contributed by atoms with E-state index in [2.05, 4.69) is 25.2 Å². The summed E-state index contributed by atoms with van der Waals surface area (Å²) in [6.45, 7) is 6.72. The largest absolute Gasteiger partial charge is 0.462 e. The van der Waals surface area contributed by atoms with E-state index in [-0.39, 0.29) is 62.7 Å². The number of benzene rings is 1. The molecule has 41 heavy (non-hydrogen) atoms. The van der Waals surface area contributed by atoms with E-state index < -0.39 is 23.3 Å². The third-order valence-corrected chi connectivity index (χ3v) is 8.27. The number of halogens is 2. The van der Waals surface area contributed by atoms with Crippen LogP contribution in [0.2, 0.25) is 0 Å². The number of anilines is 1. The number of aromatic nitrogens is 3. The number of hydrogen-bond acceptors (Lipinski definition) is 10. The molecule has 2 aliphatic rings. The molecular weight excluding hydrogens is 554 g/mol. The quantitative estimate of drug-likeness (QED) is 0.325.